The molecule has 0 saturated heterocycles. The Morgan fingerprint density at radius 3 is 2.29 bits per heavy atom. The average molecular weight is 320 g/mol. The van der Waals surface area contributed by atoms with E-state index >= 15 is 0 Å². The Labute approximate surface area is 101 Å². The molecular formula is C11H12Br2O. The van der Waals surface area contributed by atoms with Crippen LogP contribution in [0.3, 0.4) is 0 Å². The molecule has 0 fully saturated rings. The van der Waals surface area contributed by atoms with E-state index in [1.807, 2.05) is 18.2 Å². The third-order valence-electron chi connectivity index (χ3n) is 1.94. The van der Waals surface area contributed by atoms with Crippen molar-refractivity contribution in [3.05, 3.63) is 32.7 Å². The van der Waals surface area contributed by atoms with Gasteiger partial charge in [-0.3, -0.25) is 4.79 Å². The van der Waals surface area contributed by atoms with E-state index in [1.54, 1.807) is 0 Å². The van der Waals surface area contributed by atoms with E-state index in [9.17, 15) is 4.79 Å². The molecule has 1 aromatic carbocycles. The first-order valence-corrected chi connectivity index (χ1v) is 6.21. The van der Waals surface area contributed by atoms with Gasteiger partial charge in [0.2, 0.25) is 0 Å². The lowest BCUT2D eigenvalue weighted by molar-refractivity contribution is 0.0979. The number of hydrogen-bond donors (Lipinski definition) is 0. The number of benzene rings is 1. The van der Waals surface area contributed by atoms with Gasteiger partial charge in [0.05, 0.1) is 0 Å². The molecule has 0 N–H and O–H groups in total. The molecule has 76 valence electrons. The molecule has 0 aliphatic heterocycles. The predicted molar refractivity (Wildman–Crippen MR) is 65.7 cm³/mol. The van der Waals surface area contributed by atoms with Crippen molar-refractivity contribution < 1.29 is 4.79 Å². The summed E-state index contributed by atoms with van der Waals surface area (Å²) in [4.78, 5) is 11.7. The fraction of sp³-hybridized carbons (Fsp3) is 0.364. The molecule has 0 spiro atoms. The van der Waals surface area contributed by atoms with Gasteiger partial charge in [0.1, 0.15) is 0 Å². The van der Waals surface area contributed by atoms with Crippen LogP contribution in [0.2, 0.25) is 0 Å². The van der Waals surface area contributed by atoms with E-state index in [0.29, 0.717) is 6.42 Å². The summed E-state index contributed by atoms with van der Waals surface area (Å²) in [6.45, 7) is 2.09. The van der Waals surface area contributed by atoms with Crippen molar-refractivity contribution >= 4 is 37.6 Å². The maximum absolute atomic E-state index is 11.7. The number of halogens is 2. The Morgan fingerprint density at radius 2 is 1.79 bits per heavy atom. The van der Waals surface area contributed by atoms with E-state index in [0.717, 1.165) is 27.4 Å². The highest BCUT2D eigenvalue weighted by Crippen LogP contribution is 2.21. The Kier molecular flexibility index (Phi) is 4.82. The lowest BCUT2D eigenvalue weighted by Gasteiger charge is -2.01. The second-order valence-electron chi connectivity index (χ2n) is 3.18. The standard InChI is InChI=1S/C11H12Br2O/c1-2-3-4-11(14)8-5-9(12)7-10(13)6-8/h5-7H,2-4H2,1H3. The quantitative estimate of drug-likeness (QED) is 0.742. The first kappa shape index (κ1) is 11.9. The maximum atomic E-state index is 11.7. The van der Waals surface area contributed by atoms with Crippen molar-refractivity contribution in [1.29, 1.82) is 0 Å². The summed E-state index contributed by atoms with van der Waals surface area (Å²) in [5, 5.41) is 0. The van der Waals surface area contributed by atoms with Crippen LogP contribution < -0.4 is 0 Å². The van der Waals surface area contributed by atoms with Crippen LogP contribution in [0.25, 0.3) is 0 Å². The predicted octanol–water partition coefficient (Wildman–Crippen LogP) is 4.58. The zero-order valence-corrected chi connectivity index (χ0v) is 11.2. The zero-order valence-electron chi connectivity index (χ0n) is 8.02. The Balaban J connectivity index is 2.79. The molecule has 0 heterocycles. The average Bonchev–Trinajstić information content (AvgIpc) is 2.12. The van der Waals surface area contributed by atoms with E-state index < -0.39 is 0 Å². The van der Waals surface area contributed by atoms with E-state index in [1.165, 1.54) is 0 Å². The Morgan fingerprint density at radius 1 is 1.21 bits per heavy atom. The highest BCUT2D eigenvalue weighted by molar-refractivity contribution is 9.11. The molecule has 0 bridgehead atoms. The van der Waals surface area contributed by atoms with Gasteiger partial charge in [0.25, 0.3) is 0 Å². The van der Waals surface area contributed by atoms with Crippen molar-refractivity contribution in [2.24, 2.45) is 0 Å². The number of unbranched alkanes of at least 4 members (excludes halogenated alkanes) is 1. The molecule has 1 aromatic rings. The molecule has 0 aliphatic rings. The summed E-state index contributed by atoms with van der Waals surface area (Å²) < 4.78 is 1.87. The van der Waals surface area contributed by atoms with E-state index in [-0.39, 0.29) is 5.78 Å². The van der Waals surface area contributed by atoms with Crippen molar-refractivity contribution in [3.63, 3.8) is 0 Å². The van der Waals surface area contributed by atoms with Crippen molar-refractivity contribution in [1.82, 2.24) is 0 Å². The van der Waals surface area contributed by atoms with Crippen LogP contribution in [-0.2, 0) is 0 Å². The summed E-state index contributed by atoms with van der Waals surface area (Å²) in [6.07, 6.45) is 2.66. The van der Waals surface area contributed by atoms with Crippen LogP contribution >= 0.6 is 31.9 Å². The van der Waals surface area contributed by atoms with Gasteiger partial charge in [-0.15, -0.1) is 0 Å². The largest absolute Gasteiger partial charge is 0.294 e. The topological polar surface area (TPSA) is 17.1 Å². The van der Waals surface area contributed by atoms with Crippen LogP contribution in [0.15, 0.2) is 27.1 Å². The van der Waals surface area contributed by atoms with Crippen LogP contribution in [0, 0.1) is 0 Å². The molecule has 0 atom stereocenters. The molecule has 1 rings (SSSR count). The first-order chi connectivity index (χ1) is 6.63. The fourth-order valence-electron chi connectivity index (χ4n) is 1.20. The normalized spacial score (nSPS) is 10.2. The Hall–Kier alpha value is -0.150. The SMILES string of the molecule is CCCCC(=O)c1cc(Br)cc(Br)c1. The minimum absolute atomic E-state index is 0.217. The molecule has 0 aromatic heterocycles. The van der Waals surface area contributed by atoms with Crippen LogP contribution in [0.4, 0.5) is 0 Å². The number of rotatable bonds is 4. The summed E-state index contributed by atoms with van der Waals surface area (Å²) in [7, 11) is 0. The van der Waals surface area contributed by atoms with Crippen LogP contribution in [-0.4, -0.2) is 5.78 Å². The van der Waals surface area contributed by atoms with Crippen LogP contribution in [0.5, 0.6) is 0 Å². The van der Waals surface area contributed by atoms with E-state index in [2.05, 4.69) is 38.8 Å². The number of carbonyl (C=O) groups is 1. The molecule has 1 nitrogen and oxygen atoms in total. The minimum Gasteiger partial charge on any atom is -0.294 e. The number of hydrogen-bond acceptors (Lipinski definition) is 1. The van der Waals surface area contributed by atoms with Crippen molar-refractivity contribution in [2.75, 3.05) is 0 Å². The third kappa shape index (κ3) is 3.54. The molecule has 14 heavy (non-hydrogen) atoms. The van der Waals surface area contributed by atoms with Gasteiger partial charge in [-0.1, -0.05) is 45.2 Å². The first-order valence-electron chi connectivity index (χ1n) is 4.62. The van der Waals surface area contributed by atoms with Gasteiger partial charge < -0.3 is 0 Å². The number of Topliss-reactive ketones (excluding diaryl/α,β-unsaturated/α-hetero) is 1. The number of ketones is 1. The molecule has 0 amide bonds. The second-order valence-corrected chi connectivity index (χ2v) is 5.02. The summed E-state index contributed by atoms with van der Waals surface area (Å²) in [5.41, 5.74) is 0.778. The van der Waals surface area contributed by atoms with E-state index in [4.69, 9.17) is 0 Å². The highest BCUT2D eigenvalue weighted by atomic mass is 79.9. The highest BCUT2D eigenvalue weighted by Gasteiger charge is 2.06. The fourth-order valence-corrected chi connectivity index (χ4v) is 2.49. The van der Waals surface area contributed by atoms with Gasteiger partial charge >= 0.3 is 0 Å². The van der Waals surface area contributed by atoms with Gasteiger partial charge in [-0.25, -0.2) is 0 Å². The van der Waals surface area contributed by atoms with Gasteiger partial charge in [-0.05, 0) is 24.6 Å². The van der Waals surface area contributed by atoms with Gasteiger partial charge in [0.15, 0.2) is 5.78 Å². The van der Waals surface area contributed by atoms with Crippen molar-refractivity contribution in [3.8, 4) is 0 Å². The molecule has 0 saturated carbocycles. The van der Waals surface area contributed by atoms with Crippen LogP contribution in [0.1, 0.15) is 36.5 Å². The number of carbonyl (C=O) groups excluding carboxylic acids is 1. The summed E-state index contributed by atoms with van der Waals surface area (Å²) in [5.74, 6) is 0.217. The summed E-state index contributed by atoms with van der Waals surface area (Å²) >= 11 is 6.73. The molecule has 3 heteroatoms. The second kappa shape index (κ2) is 5.66. The van der Waals surface area contributed by atoms with Gasteiger partial charge in [-0.2, -0.15) is 0 Å². The minimum atomic E-state index is 0.217. The Bertz CT molecular complexity index is 314. The molecule has 0 aliphatic carbocycles. The van der Waals surface area contributed by atoms with Gasteiger partial charge in [0, 0.05) is 20.9 Å². The van der Waals surface area contributed by atoms with Crippen molar-refractivity contribution in [2.45, 2.75) is 26.2 Å². The molecule has 0 radical (unpaired) electrons. The smallest absolute Gasteiger partial charge is 0.162 e. The zero-order chi connectivity index (χ0) is 10.6. The maximum Gasteiger partial charge on any atom is 0.162 e. The lowest BCUT2D eigenvalue weighted by atomic mass is 10.1. The molecule has 0 unspecified atom stereocenters. The third-order valence-corrected chi connectivity index (χ3v) is 2.86. The summed E-state index contributed by atoms with van der Waals surface area (Å²) in [6, 6.07) is 5.65. The lowest BCUT2D eigenvalue weighted by Crippen LogP contribution is -1.98. The monoisotopic (exact) mass is 318 g/mol. The molecular weight excluding hydrogens is 308 g/mol.